The van der Waals surface area contributed by atoms with Gasteiger partial charge in [0.05, 0.1) is 6.61 Å². The average Bonchev–Trinajstić information content (AvgIpc) is 2.04. The topological polar surface area (TPSA) is 38.3 Å². The highest BCUT2D eigenvalue weighted by Crippen LogP contribution is 1.78. The minimum atomic E-state index is -0.148. The van der Waals surface area contributed by atoms with E-state index in [4.69, 9.17) is 4.74 Å². The van der Waals surface area contributed by atoms with Crippen molar-refractivity contribution >= 4 is 5.91 Å². The highest BCUT2D eigenvalue weighted by Gasteiger charge is 1.91. The highest BCUT2D eigenvalue weighted by molar-refractivity contribution is 5.86. The van der Waals surface area contributed by atoms with Gasteiger partial charge in [0.25, 0.3) is 0 Å². The van der Waals surface area contributed by atoms with Crippen molar-refractivity contribution < 1.29 is 9.53 Å². The van der Waals surface area contributed by atoms with Crippen molar-refractivity contribution in [3.05, 3.63) is 12.7 Å². The van der Waals surface area contributed by atoms with E-state index in [1.807, 2.05) is 6.92 Å². The fourth-order valence-electron chi connectivity index (χ4n) is 0.565. The van der Waals surface area contributed by atoms with Crippen LogP contribution >= 0.6 is 0 Å². The number of rotatable bonds is 6. The molecule has 0 aliphatic rings. The first-order valence-electron chi connectivity index (χ1n) is 3.79. The zero-order valence-corrected chi connectivity index (χ0v) is 6.93. The predicted molar refractivity (Wildman–Crippen MR) is 44.3 cm³/mol. The normalized spacial score (nSPS) is 9.18. The highest BCUT2D eigenvalue weighted by atomic mass is 16.5. The summed E-state index contributed by atoms with van der Waals surface area (Å²) in [6, 6.07) is 0. The van der Waals surface area contributed by atoms with Crippen molar-refractivity contribution in [3.8, 4) is 0 Å². The second kappa shape index (κ2) is 7.28. The smallest absolute Gasteiger partial charge is 0.243 e. The molecule has 0 atom stereocenters. The Bertz CT molecular complexity index is 123. The largest absolute Gasteiger partial charge is 0.380 e. The van der Waals surface area contributed by atoms with E-state index in [1.54, 1.807) is 0 Å². The van der Waals surface area contributed by atoms with Crippen molar-refractivity contribution in [2.24, 2.45) is 0 Å². The van der Waals surface area contributed by atoms with Crippen molar-refractivity contribution in [2.75, 3.05) is 19.8 Å². The van der Waals surface area contributed by atoms with Crippen LogP contribution < -0.4 is 5.32 Å². The van der Waals surface area contributed by atoms with Gasteiger partial charge in [0, 0.05) is 13.2 Å². The average molecular weight is 157 g/mol. The zero-order chi connectivity index (χ0) is 8.53. The molecule has 11 heavy (non-hydrogen) atoms. The molecule has 0 aromatic carbocycles. The molecule has 64 valence electrons. The van der Waals surface area contributed by atoms with Crippen LogP contribution in [0.5, 0.6) is 0 Å². The van der Waals surface area contributed by atoms with E-state index in [0.29, 0.717) is 13.2 Å². The molecule has 0 fully saturated rings. The zero-order valence-electron chi connectivity index (χ0n) is 6.93. The third kappa shape index (κ3) is 7.06. The fourth-order valence-corrected chi connectivity index (χ4v) is 0.565. The van der Waals surface area contributed by atoms with Gasteiger partial charge in [-0.2, -0.15) is 0 Å². The van der Waals surface area contributed by atoms with E-state index in [9.17, 15) is 4.79 Å². The molecule has 1 N–H and O–H groups in total. The molecule has 0 saturated carbocycles. The second-order valence-corrected chi connectivity index (χ2v) is 2.11. The van der Waals surface area contributed by atoms with Gasteiger partial charge in [-0.15, -0.1) is 0 Å². The van der Waals surface area contributed by atoms with Crippen LogP contribution in [0.1, 0.15) is 13.3 Å². The molecule has 3 heteroatoms. The lowest BCUT2D eigenvalue weighted by molar-refractivity contribution is -0.116. The van der Waals surface area contributed by atoms with Crippen LogP contribution in [-0.4, -0.2) is 25.7 Å². The summed E-state index contributed by atoms with van der Waals surface area (Å²) in [6.45, 7) is 7.26. The number of hydrogen-bond acceptors (Lipinski definition) is 2. The number of ether oxygens (including phenoxy) is 1. The molecule has 3 nitrogen and oxygen atoms in total. The molecular weight excluding hydrogens is 142 g/mol. The standard InChI is InChI=1S/C8H15NO2/c1-3-6-11-7-5-9-8(10)4-2/h4H,2-3,5-7H2,1H3,(H,9,10). The Hall–Kier alpha value is -0.830. The van der Waals surface area contributed by atoms with Crippen LogP contribution in [0.3, 0.4) is 0 Å². The minimum Gasteiger partial charge on any atom is -0.380 e. The lowest BCUT2D eigenvalue weighted by Gasteiger charge is -2.02. The molecule has 0 aliphatic heterocycles. The van der Waals surface area contributed by atoms with E-state index in [-0.39, 0.29) is 5.91 Å². The SMILES string of the molecule is C=CC(=O)NCCOCCC. The Labute approximate surface area is 67.4 Å². The quantitative estimate of drug-likeness (QED) is 0.455. The summed E-state index contributed by atoms with van der Waals surface area (Å²) >= 11 is 0. The molecule has 0 spiro atoms. The molecule has 0 aliphatic carbocycles. The second-order valence-electron chi connectivity index (χ2n) is 2.11. The molecule has 0 aromatic rings. The first-order valence-corrected chi connectivity index (χ1v) is 3.79. The van der Waals surface area contributed by atoms with Gasteiger partial charge in [0.15, 0.2) is 0 Å². The van der Waals surface area contributed by atoms with Gasteiger partial charge in [0.2, 0.25) is 5.91 Å². The molecular formula is C8H15NO2. The lowest BCUT2D eigenvalue weighted by Crippen LogP contribution is -2.25. The molecule has 0 bridgehead atoms. The number of carbonyl (C=O) groups excluding carboxylic acids is 1. The third-order valence-corrected chi connectivity index (χ3v) is 1.08. The summed E-state index contributed by atoms with van der Waals surface area (Å²) in [6.07, 6.45) is 2.26. The fraction of sp³-hybridized carbons (Fsp3) is 0.625. The van der Waals surface area contributed by atoms with E-state index in [2.05, 4.69) is 11.9 Å². The van der Waals surface area contributed by atoms with Crippen LogP contribution in [0, 0.1) is 0 Å². The summed E-state index contributed by atoms with van der Waals surface area (Å²) in [7, 11) is 0. The lowest BCUT2D eigenvalue weighted by atomic mass is 10.5. The van der Waals surface area contributed by atoms with Crippen LogP contribution in [-0.2, 0) is 9.53 Å². The van der Waals surface area contributed by atoms with Gasteiger partial charge in [-0.25, -0.2) is 0 Å². The van der Waals surface area contributed by atoms with Crippen LogP contribution in [0.25, 0.3) is 0 Å². The van der Waals surface area contributed by atoms with Gasteiger partial charge in [-0.3, -0.25) is 4.79 Å². The summed E-state index contributed by atoms with van der Waals surface area (Å²) in [5.74, 6) is -0.148. The molecule has 0 unspecified atom stereocenters. The number of amides is 1. The van der Waals surface area contributed by atoms with Gasteiger partial charge in [-0.05, 0) is 12.5 Å². The Kier molecular flexibility index (Phi) is 6.73. The van der Waals surface area contributed by atoms with E-state index >= 15 is 0 Å². The van der Waals surface area contributed by atoms with Crippen molar-refractivity contribution in [3.63, 3.8) is 0 Å². The summed E-state index contributed by atoms with van der Waals surface area (Å²) < 4.78 is 5.13. The van der Waals surface area contributed by atoms with Crippen molar-refractivity contribution in [1.29, 1.82) is 0 Å². The number of nitrogens with one attached hydrogen (secondary N) is 1. The van der Waals surface area contributed by atoms with Crippen LogP contribution in [0.2, 0.25) is 0 Å². The Morgan fingerprint density at radius 3 is 2.91 bits per heavy atom. The Morgan fingerprint density at radius 1 is 1.64 bits per heavy atom. The van der Waals surface area contributed by atoms with Gasteiger partial charge in [0.1, 0.15) is 0 Å². The molecule has 0 saturated heterocycles. The summed E-state index contributed by atoms with van der Waals surface area (Å²) in [5, 5.41) is 2.61. The maximum absolute atomic E-state index is 10.6. The first-order chi connectivity index (χ1) is 5.31. The minimum absolute atomic E-state index is 0.148. The predicted octanol–water partition coefficient (Wildman–Crippen LogP) is 0.715. The van der Waals surface area contributed by atoms with Gasteiger partial charge in [-0.1, -0.05) is 13.5 Å². The third-order valence-electron chi connectivity index (χ3n) is 1.08. The van der Waals surface area contributed by atoms with E-state index < -0.39 is 0 Å². The Balaban J connectivity index is 3.01. The van der Waals surface area contributed by atoms with E-state index in [1.165, 1.54) is 6.08 Å². The van der Waals surface area contributed by atoms with Crippen molar-refractivity contribution in [1.82, 2.24) is 5.32 Å². The van der Waals surface area contributed by atoms with Crippen molar-refractivity contribution in [2.45, 2.75) is 13.3 Å². The monoisotopic (exact) mass is 157 g/mol. The number of carbonyl (C=O) groups is 1. The summed E-state index contributed by atoms with van der Waals surface area (Å²) in [4.78, 5) is 10.6. The van der Waals surface area contributed by atoms with Gasteiger partial charge >= 0.3 is 0 Å². The molecule has 1 amide bonds. The van der Waals surface area contributed by atoms with Crippen LogP contribution in [0.15, 0.2) is 12.7 Å². The van der Waals surface area contributed by atoms with E-state index in [0.717, 1.165) is 13.0 Å². The maximum Gasteiger partial charge on any atom is 0.243 e. The molecule has 0 heterocycles. The van der Waals surface area contributed by atoms with Crippen LogP contribution in [0.4, 0.5) is 0 Å². The Morgan fingerprint density at radius 2 is 2.36 bits per heavy atom. The summed E-state index contributed by atoms with van der Waals surface area (Å²) in [5.41, 5.74) is 0. The maximum atomic E-state index is 10.6. The molecule has 0 radical (unpaired) electrons. The van der Waals surface area contributed by atoms with Gasteiger partial charge < -0.3 is 10.1 Å². The number of hydrogen-bond donors (Lipinski definition) is 1. The molecule has 0 aromatic heterocycles. The molecule has 0 rings (SSSR count). The first kappa shape index (κ1) is 10.2.